The van der Waals surface area contributed by atoms with E-state index in [0.29, 0.717) is 11.4 Å². The van der Waals surface area contributed by atoms with E-state index >= 15 is 0 Å². The van der Waals surface area contributed by atoms with Crippen LogP contribution in [0.15, 0.2) is 35.2 Å². The highest BCUT2D eigenvalue weighted by atomic mass is 35.5. The number of nitrogens with two attached hydrogens (primary N) is 1. The summed E-state index contributed by atoms with van der Waals surface area (Å²) in [7, 11) is -3.35. The maximum Gasteiger partial charge on any atom is 0.175 e. The number of rotatable bonds is 3. The molecule has 2 rings (SSSR count). The molecule has 0 aromatic heterocycles. The molecule has 112 valence electrons. The van der Waals surface area contributed by atoms with Gasteiger partial charge in [0.25, 0.3) is 0 Å². The summed E-state index contributed by atoms with van der Waals surface area (Å²) in [5, 5.41) is 3.04. The van der Waals surface area contributed by atoms with Gasteiger partial charge in [-0.1, -0.05) is 23.2 Å². The van der Waals surface area contributed by atoms with E-state index in [0.717, 1.165) is 18.4 Å². The van der Waals surface area contributed by atoms with E-state index in [1.165, 1.54) is 18.2 Å². The predicted octanol–water partition coefficient (Wildman–Crippen LogP) is 3.86. The van der Waals surface area contributed by atoms with Gasteiger partial charge in [-0.05, 0) is 30.3 Å². The van der Waals surface area contributed by atoms with Crippen molar-refractivity contribution in [3.05, 3.63) is 46.2 Å². The first kappa shape index (κ1) is 15.9. The van der Waals surface area contributed by atoms with Crippen LogP contribution in [-0.2, 0) is 9.84 Å². The molecule has 4 nitrogen and oxygen atoms in total. The molecule has 0 saturated carbocycles. The van der Waals surface area contributed by atoms with Crippen molar-refractivity contribution in [2.45, 2.75) is 4.90 Å². The van der Waals surface area contributed by atoms with Crippen molar-refractivity contribution < 1.29 is 12.8 Å². The van der Waals surface area contributed by atoms with Crippen LogP contribution in [0.1, 0.15) is 0 Å². The standard InChI is InChI=1S/C13H11Cl2FN2O2S/c1-21(19,20)8-2-3-12(11(17)6-8)18-13-9(14)4-7(16)5-10(13)15/h2-6,18H,17H2,1H3. The van der Waals surface area contributed by atoms with E-state index in [4.69, 9.17) is 28.9 Å². The summed E-state index contributed by atoms with van der Waals surface area (Å²) in [6, 6.07) is 6.43. The number of nitrogen functional groups attached to an aromatic ring is 1. The maximum absolute atomic E-state index is 13.1. The number of hydrogen-bond acceptors (Lipinski definition) is 4. The first-order chi connectivity index (χ1) is 9.68. The topological polar surface area (TPSA) is 72.2 Å². The molecule has 0 spiro atoms. The first-order valence-corrected chi connectivity index (χ1v) is 8.34. The number of halogens is 3. The van der Waals surface area contributed by atoms with Crippen LogP contribution >= 0.6 is 23.2 Å². The van der Waals surface area contributed by atoms with Gasteiger partial charge in [-0.15, -0.1) is 0 Å². The molecule has 3 N–H and O–H groups in total. The van der Waals surface area contributed by atoms with Crippen LogP contribution in [0.25, 0.3) is 0 Å². The van der Waals surface area contributed by atoms with Gasteiger partial charge in [-0.2, -0.15) is 0 Å². The van der Waals surface area contributed by atoms with Gasteiger partial charge in [0.1, 0.15) is 5.82 Å². The first-order valence-electron chi connectivity index (χ1n) is 5.69. The molecule has 0 aliphatic heterocycles. The van der Waals surface area contributed by atoms with Crippen molar-refractivity contribution in [3.8, 4) is 0 Å². The Kier molecular flexibility index (Phi) is 4.32. The summed E-state index contributed by atoms with van der Waals surface area (Å²) in [4.78, 5) is 0.0989. The lowest BCUT2D eigenvalue weighted by Gasteiger charge is -2.13. The molecular formula is C13H11Cl2FN2O2S. The van der Waals surface area contributed by atoms with Gasteiger partial charge in [-0.3, -0.25) is 0 Å². The van der Waals surface area contributed by atoms with E-state index in [-0.39, 0.29) is 20.6 Å². The van der Waals surface area contributed by atoms with Crippen LogP contribution in [0.3, 0.4) is 0 Å². The number of hydrogen-bond donors (Lipinski definition) is 2. The average Bonchev–Trinajstić information content (AvgIpc) is 2.33. The molecule has 0 fully saturated rings. The van der Waals surface area contributed by atoms with Gasteiger partial charge in [0, 0.05) is 6.26 Å². The second-order valence-electron chi connectivity index (χ2n) is 4.39. The van der Waals surface area contributed by atoms with Crippen LogP contribution in [0.5, 0.6) is 0 Å². The molecule has 0 amide bonds. The fraction of sp³-hybridized carbons (Fsp3) is 0.0769. The quantitative estimate of drug-likeness (QED) is 0.826. The van der Waals surface area contributed by atoms with Gasteiger partial charge in [0.2, 0.25) is 0 Å². The van der Waals surface area contributed by atoms with Crippen molar-refractivity contribution in [3.63, 3.8) is 0 Å². The number of sulfone groups is 1. The van der Waals surface area contributed by atoms with E-state index in [2.05, 4.69) is 5.32 Å². The third kappa shape index (κ3) is 3.58. The number of benzene rings is 2. The Morgan fingerprint density at radius 2 is 1.71 bits per heavy atom. The Labute approximate surface area is 131 Å². The van der Waals surface area contributed by atoms with Crippen LogP contribution in [-0.4, -0.2) is 14.7 Å². The molecule has 0 heterocycles. The minimum absolute atomic E-state index is 0.0894. The van der Waals surface area contributed by atoms with Crippen molar-refractivity contribution in [2.24, 2.45) is 0 Å². The van der Waals surface area contributed by atoms with Crippen molar-refractivity contribution >= 4 is 50.1 Å². The molecule has 0 atom stereocenters. The number of nitrogens with one attached hydrogen (secondary N) is 1. The zero-order valence-corrected chi connectivity index (χ0v) is 13.2. The summed E-state index contributed by atoms with van der Waals surface area (Å²) < 4.78 is 36.0. The van der Waals surface area contributed by atoms with Crippen LogP contribution in [0.2, 0.25) is 10.0 Å². The van der Waals surface area contributed by atoms with Gasteiger partial charge in [0.05, 0.1) is 32.0 Å². The highest BCUT2D eigenvalue weighted by molar-refractivity contribution is 7.90. The molecule has 21 heavy (non-hydrogen) atoms. The molecule has 0 radical (unpaired) electrons. The molecule has 0 aliphatic carbocycles. The number of anilines is 3. The Hall–Kier alpha value is -1.50. The molecule has 0 unspecified atom stereocenters. The lowest BCUT2D eigenvalue weighted by Crippen LogP contribution is -2.02. The Morgan fingerprint density at radius 1 is 1.14 bits per heavy atom. The molecule has 2 aromatic rings. The fourth-order valence-corrected chi connectivity index (χ4v) is 2.89. The Morgan fingerprint density at radius 3 is 2.19 bits per heavy atom. The van der Waals surface area contributed by atoms with E-state index < -0.39 is 15.7 Å². The SMILES string of the molecule is CS(=O)(=O)c1ccc(Nc2c(Cl)cc(F)cc2Cl)c(N)c1. The zero-order chi connectivity index (χ0) is 15.8. The summed E-state index contributed by atoms with van der Waals surface area (Å²) in [6.45, 7) is 0. The van der Waals surface area contributed by atoms with Crippen molar-refractivity contribution in [2.75, 3.05) is 17.3 Å². The maximum atomic E-state index is 13.1. The normalized spacial score (nSPS) is 11.4. The third-order valence-corrected chi connectivity index (χ3v) is 4.42. The molecular weight excluding hydrogens is 338 g/mol. The van der Waals surface area contributed by atoms with E-state index in [1.54, 1.807) is 0 Å². The van der Waals surface area contributed by atoms with Gasteiger partial charge in [0.15, 0.2) is 9.84 Å². The Balaban J connectivity index is 2.42. The average molecular weight is 349 g/mol. The lowest BCUT2D eigenvalue weighted by molar-refractivity contribution is 0.602. The van der Waals surface area contributed by atoms with Crippen LogP contribution in [0.4, 0.5) is 21.5 Å². The van der Waals surface area contributed by atoms with Gasteiger partial charge >= 0.3 is 0 Å². The fourth-order valence-electron chi connectivity index (χ4n) is 1.68. The summed E-state index contributed by atoms with van der Waals surface area (Å²) in [5.74, 6) is -0.559. The molecule has 0 saturated heterocycles. The van der Waals surface area contributed by atoms with Gasteiger partial charge < -0.3 is 11.1 Å². The third-order valence-electron chi connectivity index (χ3n) is 2.72. The molecule has 0 aliphatic rings. The summed E-state index contributed by atoms with van der Waals surface area (Å²) in [5.41, 5.74) is 6.72. The lowest BCUT2D eigenvalue weighted by atomic mass is 10.2. The minimum Gasteiger partial charge on any atom is -0.397 e. The van der Waals surface area contributed by atoms with Crippen LogP contribution < -0.4 is 11.1 Å². The molecule has 8 heteroatoms. The van der Waals surface area contributed by atoms with Crippen molar-refractivity contribution in [1.29, 1.82) is 0 Å². The molecule has 2 aromatic carbocycles. The highest BCUT2D eigenvalue weighted by Crippen LogP contribution is 2.35. The van der Waals surface area contributed by atoms with Crippen LogP contribution in [0, 0.1) is 5.82 Å². The molecule has 0 bridgehead atoms. The predicted molar refractivity (Wildman–Crippen MR) is 83.7 cm³/mol. The summed E-state index contributed by atoms with van der Waals surface area (Å²) >= 11 is 11.8. The van der Waals surface area contributed by atoms with E-state index in [1.807, 2.05) is 0 Å². The minimum atomic E-state index is -3.35. The monoisotopic (exact) mass is 348 g/mol. The zero-order valence-electron chi connectivity index (χ0n) is 10.8. The highest BCUT2D eigenvalue weighted by Gasteiger charge is 2.13. The Bertz CT molecular complexity index is 787. The largest absolute Gasteiger partial charge is 0.397 e. The summed E-state index contributed by atoms with van der Waals surface area (Å²) in [6.07, 6.45) is 1.09. The van der Waals surface area contributed by atoms with Gasteiger partial charge in [-0.25, -0.2) is 12.8 Å². The van der Waals surface area contributed by atoms with Crippen molar-refractivity contribution in [1.82, 2.24) is 0 Å². The second kappa shape index (κ2) is 5.71. The van der Waals surface area contributed by atoms with E-state index in [9.17, 15) is 12.8 Å². The second-order valence-corrected chi connectivity index (χ2v) is 7.22. The smallest absolute Gasteiger partial charge is 0.175 e.